The van der Waals surface area contributed by atoms with E-state index in [0.29, 0.717) is 0 Å². The van der Waals surface area contributed by atoms with Crippen molar-refractivity contribution in [3.8, 4) is 0 Å². The molecule has 0 bridgehead atoms. The number of carbonyl (C=O) groups is 1. The number of thioether (sulfide) groups is 1. The van der Waals surface area contributed by atoms with Crippen LogP contribution in [0.5, 0.6) is 0 Å². The molecule has 0 aliphatic rings. The highest BCUT2D eigenvalue weighted by atomic mass is 79.9. The zero-order valence-electron chi connectivity index (χ0n) is 12.1. The van der Waals surface area contributed by atoms with Crippen molar-refractivity contribution in [1.82, 2.24) is 14.9 Å². The molecule has 1 amide bonds. The standard InChI is InChI=1S/C13H16Br2N4O2S/c1-7-8(14)5-9(15)12-17-10(3-4-22-2)13(19(7)12)16-6-11(20)18-21/h5,16,21H,3-4,6H2,1-2H3,(H,18,20). The van der Waals surface area contributed by atoms with Crippen molar-refractivity contribution >= 4 is 61.0 Å². The predicted octanol–water partition coefficient (Wildman–Crippen LogP) is 2.99. The Bertz CT molecular complexity index is 705. The van der Waals surface area contributed by atoms with Crippen molar-refractivity contribution < 1.29 is 10.0 Å². The number of aromatic nitrogens is 2. The highest BCUT2D eigenvalue weighted by molar-refractivity contribution is 9.11. The first-order valence-corrected chi connectivity index (χ1v) is 9.49. The molecule has 0 saturated carbocycles. The fourth-order valence-electron chi connectivity index (χ4n) is 2.10. The molecule has 0 aromatic carbocycles. The summed E-state index contributed by atoms with van der Waals surface area (Å²) < 4.78 is 3.78. The van der Waals surface area contributed by atoms with Crippen molar-refractivity contribution in [2.24, 2.45) is 0 Å². The maximum Gasteiger partial charge on any atom is 0.262 e. The van der Waals surface area contributed by atoms with Gasteiger partial charge in [-0.05, 0) is 56.9 Å². The monoisotopic (exact) mass is 450 g/mol. The lowest BCUT2D eigenvalue weighted by molar-refractivity contribution is -0.127. The Kier molecular flexibility index (Phi) is 6.13. The van der Waals surface area contributed by atoms with E-state index in [1.54, 1.807) is 17.2 Å². The second kappa shape index (κ2) is 7.67. The minimum absolute atomic E-state index is 0.0276. The topological polar surface area (TPSA) is 78.7 Å². The molecule has 22 heavy (non-hydrogen) atoms. The van der Waals surface area contributed by atoms with Crippen LogP contribution in [0.1, 0.15) is 11.4 Å². The van der Waals surface area contributed by atoms with Crippen LogP contribution >= 0.6 is 43.6 Å². The van der Waals surface area contributed by atoms with Crippen LogP contribution in [-0.2, 0) is 11.2 Å². The third-order valence-electron chi connectivity index (χ3n) is 3.18. The summed E-state index contributed by atoms with van der Waals surface area (Å²) in [6, 6.07) is 1.96. The average Bonchev–Trinajstić information content (AvgIpc) is 2.87. The molecule has 0 spiro atoms. The molecule has 2 aromatic rings. The first kappa shape index (κ1) is 17.6. The zero-order valence-corrected chi connectivity index (χ0v) is 16.1. The van der Waals surface area contributed by atoms with Gasteiger partial charge in [0.05, 0.1) is 16.7 Å². The van der Waals surface area contributed by atoms with E-state index >= 15 is 0 Å². The molecule has 0 fully saturated rings. The lowest BCUT2D eigenvalue weighted by atomic mass is 10.3. The van der Waals surface area contributed by atoms with E-state index in [1.165, 1.54) is 0 Å². The van der Waals surface area contributed by atoms with Gasteiger partial charge in [0.15, 0.2) is 5.65 Å². The Labute approximate surface area is 149 Å². The van der Waals surface area contributed by atoms with Gasteiger partial charge in [-0.2, -0.15) is 11.8 Å². The lowest BCUT2D eigenvalue weighted by Gasteiger charge is -2.11. The highest BCUT2D eigenvalue weighted by Crippen LogP contribution is 2.31. The van der Waals surface area contributed by atoms with E-state index in [0.717, 1.165) is 44.0 Å². The van der Waals surface area contributed by atoms with Crippen molar-refractivity contribution in [3.63, 3.8) is 0 Å². The Morgan fingerprint density at radius 2 is 2.18 bits per heavy atom. The number of pyridine rings is 1. The number of aryl methyl sites for hydroxylation is 2. The molecule has 0 atom stereocenters. The SMILES string of the molecule is CSCCc1nc2c(Br)cc(Br)c(C)n2c1NCC(=O)NO. The van der Waals surface area contributed by atoms with Gasteiger partial charge >= 0.3 is 0 Å². The summed E-state index contributed by atoms with van der Waals surface area (Å²) in [4.78, 5) is 16.0. The molecule has 3 N–H and O–H groups in total. The smallest absolute Gasteiger partial charge is 0.262 e. The van der Waals surface area contributed by atoms with Gasteiger partial charge < -0.3 is 5.32 Å². The number of nitrogens with one attached hydrogen (secondary N) is 2. The Hall–Kier alpha value is -0.770. The van der Waals surface area contributed by atoms with Crippen LogP contribution in [0.15, 0.2) is 15.0 Å². The van der Waals surface area contributed by atoms with Crippen LogP contribution in [0.2, 0.25) is 0 Å². The number of imidazole rings is 1. The molecule has 0 aliphatic heterocycles. The summed E-state index contributed by atoms with van der Waals surface area (Å²) in [5, 5.41) is 11.7. The molecular weight excluding hydrogens is 436 g/mol. The van der Waals surface area contributed by atoms with Crippen LogP contribution in [0.3, 0.4) is 0 Å². The zero-order chi connectivity index (χ0) is 16.3. The molecule has 2 aromatic heterocycles. The molecule has 6 nitrogen and oxygen atoms in total. The average molecular weight is 452 g/mol. The molecular formula is C13H16Br2N4O2S. The lowest BCUT2D eigenvalue weighted by Crippen LogP contribution is -2.27. The summed E-state index contributed by atoms with van der Waals surface area (Å²) in [5.74, 6) is 1.20. The van der Waals surface area contributed by atoms with Gasteiger partial charge in [-0.25, -0.2) is 10.5 Å². The van der Waals surface area contributed by atoms with Gasteiger partial charge in [0, 0.05) is 16.6 Å². The number of amides is 1. The van der Waals surface area contributed by atoms with Gasteiger partial charge in [-0.1, -0.05) is 0 Å². The van der Waals surface area contributed by atoms with Crippen LogP contribution < -0.4 is 10.8 Å². The van der Waals surface area contributed by atoms with E-state index in [-0.39, 0.29) is 6.54 Å². The number of halogens is 2. The van der Waals surface area contributed by atoms with Gasteiger partial charge in [0.2, 0.25) is 0 Å². The number of carbonyl (C=O) groups excluding carboxylic acids is 1. The number of rotatable bonds is 6. The van der Waals surface area contributed by atoms with Crippen LogP contribution in [0.25, 0.3) is 5.65 Å². The molecule has 9 heteroatoms. The summed E-state index contributed by atoms with van der Waals surface area (Å²) in [6.45, 7) is 1.95. The summed E-state index contributed by atoms with van der Waals surface area (Å²) in [7, 11) is 0. The largest absolute Gasteiger partial charge is 0.360 e. The minimum Gasteiger partial charge on any atom is -0.360 e. The molecule has 2 heterocycles. The van der Waals surface area contributed by atoms with Crippen molar-refractivity contribution in [2.45, 2.75) is 13.3 Å². The molecule has 0 radical (unpaired) electrons. The van der Waals surface area contributed by atoms with Crippen LogP contribution in [0.4, 0.5) is 5.82 Å². The van der Waals surface area contributed by atoms with Crippen molar-refractivity contribution in [1.29, 1.82) is 0 Å². The molecule has 120 valence electrons. The van der Waals surface area contributed by atoms with Crippen molar-refractivity contribution in [3.05, 3.63) is 26.4 Å². The van der Waals surface area contributed by atoms with Gasteiger partial charge in [0.1, 0.15) is 5.82 Å². The fraction of sp³-hybridized carbons (Fsp3) is 0.385. The van der Waals surface area contributed by atoms with Gasteiger partial charge in [-0.3, -0.25) is 14.4 Å². The van der Waals surface area contributed by atoms with E-state index in [9.17, 15) is 4.79 Å². The first-order chi connectivity index (χ1) is 10.5. The molecule has 0 unspecified atom stereocenters. The number of hydroxylamine groups is 1. The molecule has 2 rings (SSSR count). The maximum absolute atomic E-state index is 11.3. The maximum atomic E-state index is 11.3. The third kappa shape index (κ3) is 3.58. The van der Waals surface area contributed by atoms with E-state index in [1.807, 2.05) is 23.6 Å². The Morgan fingerprint density at radius 3 is 2.82 bits per heavy atom. The predicted molar refractivity (Wildman–Crippen MR) is 95.8 cm³/mol. The Balaban J connectivity index is 2.53. The van der Waals surface area contributed by atoms with E-state index < -0.39 is 5.91 Å². The van der Waals surface area contributed by atoms with E-state index in [2.05, 4.69) is 42.2 Å². The van der Waals surface area contributed by atoms with Crippen LogP contribution in [-0.4, -0.2) is 39.1 Å². The minimum atomic E-state index is -0.502. The van der Waals surface area contributed by atoms with Crippen molar-refractivity contribution in [2.75, 3.05) is 23.9 Å². The van der Waals surface area contributed by atoms with Crippen LogP contribution in [0, 0.1) is 6.92 Å². The molecule has 0 saturated heterocycles. The summed E-state index contributed by atoms with van der Waals surface area (Å²) in [5.41, 5.74) is 4.29. The summed E-state index contributed by atoms with van der Waals surface area (Å²) >= 11 is 8.79. The fourth-order valence-corrected chi connectivity index (χ4v) is 3.70. The second-order valence-electron chi connectivity index (χ2n) is 4.62. The first-order valence-electron chi connectivity index (χ1n) is 6.51. The molecule has 0 aliphatic carbocycles. The quantitative estimate of drug-likeness (QED) is 0.464. The second-order valence-corrected chi connectivity index (χ2v) is 7.32. The Morgan fingerprint density at radius 1 is 1.45 bits per heavy atom. The number of nitrogens with zero attached hydrogens (tertiary/aromatic N) is 2. The number of fused-ring (bicyclic) bond motifs is 1. The van der Waals surface area contributed by atoms with Gasteiger partial charge in [-0.15, -0.1) is 0 Å². The number of anilines is 1. The summed E-state index contributed by atoms with van der Waals surface area (Å²) in [6.07, 6.45) is 2.83. The highest BCUT2D eigenvalue weighted by Gasteiger charge is 2.17. The van der Waals surface area contributed by atoms with E-state index in [4.69, 9.17) is 5.21 Å². The van der Waals surface area contributed by atoms with Gasteiger partial charge in [0.25, 0.3) is 5.91 Å². The number of hydrogen-bond donors (Lipinski definition) is 3. The normalized spacial score (nSPS) is 11.0. The third-order valence-corrected chi connectivity index (χ3v) is 5.18. The number of hydrogen-bond acceptors (Lipinski definition) is 5.